The highest BCUT2D eigenvalue weighted by atomic mass is 32.2. The molecule has 13 atom stereocenters. The van der Waals surface area contributed by atoms with Gasteiger partial charge in [0, 0.05) is 38.0 Å². The Labute approximate surface area is 394 Å². The zero-order chi connectivity index (χ0) is 49.1. The van der Waals surface area contributed by atoms with E-state index >= 15 is 4.79 Å². The van der Waals surface area contributed by atoms with Crippen molar-refractivity contribution in [2.24, 2.45) is 23.5 Å². The zero-order valence-corrected chi connectivity index (χ0v) is 41.4. The van der Waals surface area contributed by atoms with Crippen LogP contribution in [0.2, 0.25) is 0 Å². The summed E-state index contributed by atoms with van der Waals surface area (Å²) in [6, 6.07) is 16.4. The highest BCUT2D eigenvalue weighted by molar-refractivity contribution is 8.01. The van der Waals surface area contributed by atoms with E-state index < -0.39 is 107 Å². The van der Waals surface area contributed by atoms with Gasteiger partial charge in [-0.05, 0) is 84.0 Å². The maximum atomic E-state index is 15.1. The lowest BCUT2D eigenvalue weighted by molar-refractivity contribution is -0.292. The van der Waals surface area contributed by atoms with Crippen molar-refractivity contribution in [2.75, 3.05) is 33.5 Å². The molecular weight excluding hydrogens is 871 g/mol. The smallest absolute Gasteiger partial charge is 0.410 e. The number of nitrogens with zero attached hydrogens (tertiary/aromatic N) is 2. The Bertz CT molecular complexity index is 1960. The van der Waals surface area contributed by atoms with Crippen molar-refractivity contribution in [1.29, 1.82) is 0 Å². The molecule has 2 fully saturated rings. The minimum atomic E-state index is -1.60. The number of carbonyl (C=O) groups is 6. The third-order valence-corrected chi connectivity index (χ3v) is 14.3. The molecule has 2 aromatic rings. The second kappa shape index (κ2) is 23.9. The number of carbonyl (C=O) groups excluding carboxylic acids is 6. The molecular formula is C49H71N3O13S. The van der Waals surface area contributed by atoms with E-state index in [-0.39, 0.29) is 43.8 Å². The predicted molar refractivity (Wildman–Crippen MR) is 248 cm³/mol. The van der Waals surface area contributed by atoms with Crippen LogP contribution < -0.4 is 5.73 Å². The molecule has 2 heterocycles. The Kier molecular flexibility index (Phi) is 19.6. The number of amides is 2. The van der Waals surface area contributed by atoms with Gasteiger partial charge in [-0.3, -0.25) is 14.4 Å². The monoisotopic (exact) mass is 941 g/mol. The molecule has 0 spiro atoms. The minimum absolute atomic E-state index is 0.0235. The molecule has 4 unspecified atom stereocenters. The fourth-order valence-electron chi connectivity index (χ4n) is 9.20. The number of ketones is 2. The lowest BCUT2D eigenvalue weighted by Gasteiger charge is -2.47. The number of nitrogens with two attached hydrogens (primary N) is 1. The summed E-state index contributed by atoms with van der Waals surface area (Å²) in [7, 11) is 5.07. The van der Waals surface area contributed by atoms with Gasteiger partial charge in [0.05, 0.1) is 23.3 Å². The van der Waals surface area contributed by atoms with Gasteiger partial charge < -0.3 is 48.7 Å². The summed E-state index contributed by atoms with van der Waals surface area (Å²) >= 11 is 1.07. The van der Waals surface area contributed by atoms with Crippen molar-refractivity contribution in [3.63, 3.8) is 0 Å². The van der Waals surface area contributed by atoms with Gasteiger partial charge in [-0.1, -0.05) is 83.1 Å². The van der Waals surface area contributed by atoms with Gasteiger partial charge in [-0.25, -0.2) is 14.4 Å². The molecule has 0 radical (unpaired) electrons. The second-order valence-corrected chi connectivity index (χ2v) is 19.6. The summed E-state index contributed by atoms with van der Waals surface area (Å²) in [6.07, 6.45) is -7.12. The van der Waals surface area contributed by atoms with Crippen molar-refractivity contribution in [1.82, 2.24) is 9.80 Å². The molecule has 4 rings (SSSR count). The molecule has 0 aliphatic carbocycles. The number of ether oxygens (including phenoxy) is 7. The van der Waals surface area contributed by atoms with Gasteiger partial charge in [0.25, 0.3) is 0 Å². The van der Waals surface area contributed by atoms with E-state index in [0.29, 0.717) is 5.75 Å². The molecule has 16 nitrogen and oxygen atoms in total. The van der Waals surface area contributed by atoms with Gasteiger partial charge in [-0.2, -0.15) is 0 Å². The fraction of sp³-hybridized carbons (Fsp3) is 0.633. The molecule has 0 bridgehead atoms. The van der Waals surface area contributed by atoms with Crippen molar-refractivity contribution in [3.8, 4) is 0 Å². The summed E-state index contributed by atoms with van der Waals surface area (Å²) in [5.41, 5.74) is 3.77. The van der Waals surface area contributed by atoms with Gasteiger partial charge in [-0.15, -0.1) is 11.8 Å². The van der Waals surface area contributed by atoms with Crippen LogP contribution in [0.25, 0.3) is 0 Å². The molecule has 2 saturated heterocycles. The number of benzene rings is 2. The SMILES string of the molecule is CCSC1C(=O)O[C@H](CC)[C@@](C)(OC(N)=O)[C@H](C)[C@@H](C)N(C(=O)OCc2ccccc2)C[C@H](C)C[C@@](C)(OC)[C@H](O[C@@H]2OC(C(C)=O)CC(N(C)C)C2OC(=O)c2ccccc2)[C@@H](C)C1=O. The Hall–Kier alpha value is -4.55. The Morgan fingerprint density at radius 1 is 0.955 bits per heavy atom. The molecule has 0 aromatic heterocycles. The van der Waals surface area contributed by atoms with Crippen LogP contribution in [0.15, 0.2) is 60.7 Å². The molecule has 2 amide bonds. The highest BCUT2D eigenvalue weighted by Gasteiger charge is 2.54. The molecule has 2 aliphatic rings. The molecule has 366 valence electrons. The molecule has 17 heteroatoms. The van der Waals surface area contributed by atoms with Crippen LogP contribution in [0.1, 0.15) is 97.5 Å². The maximum absolute atomic E-state index is 15.1. The highest BCUT2D eigenvalue weighted by Crippen LogP contribution is 2.40. The standard InChI is InChI=1S/C49H71N3O13S/c1-13-38-49(9,65-46(50)57)31(5)32(6)52(47(58)60-28-34-21-17-15-18-22-34)27-29(3)26-48(8,59-12)42(30(4)39(54)41(66-14-2)44(56)62-38)64-45-40(63-43(55)35-23-19-16-20-24-35)36(51(10)11)25-37(61-45)33(7)53/h15-24,29-32,36-38,40-42,45H,13-14,25-28H2,1-12H3,(H2,50,57)/t29-,30+,31-,32-,36?,37?,38-,40?,41?,42-,45+,48-,49+/m1/s1. The average molecular weight is 942 g/mol. The topological polar surface area (TPSA) is 200 Å². The number of likely N-dealkylation sites (N-methyl/N-ethyl adjacent to an activating group) is 1. The second-order valence-electron chi connectivity index (χ2n) is 18.2. The number of rotatable bonds is 13. The summed E-state index contributed by atoms with van der Waals surface area (Å²) in [6.45, 7) is 15.5. The van der Waals surface area contributed by atoms with E-state index in [1.54, 1.807) is 97.8 Å². The van der Waals surface area contributed by atoms with Crippen molar-refractivity contribution in [3.05, 3.63) is 71.8 Å². The normalized spacial score (nSPS) is 32.6. The number of methoxy groups -OCH3 is 1. The van der Waals surface area contributed by atoms with Crippen LogP contribution in [-0.4, -0.2) is 138 Å². The molecule has 2 N–H and O–H groups in total. The van der Waals surface area contributed by atoms with Crippen LogP contribution in [0, 0.1) is 17.8 Å². The first kappa shape index (κ1) is 54.1. The number of thioether (sulfide) groups is 1. The molecule has 2 aliphatic heterocycles. The molecule has 0 saturated carbocycles. The quantitative estimate of drug-likeness (QED) is 0.124. The summed E-state index contributed by atoms with van der Waals surface area (Å²) in [4.78, 5) is 86.9. The maximum Gasteiger partial charge on any atom is 0.410 e. The Balaban J connectivity index is 1.91. The lowest BCUT2D eigenvalue weighted by Crippen LogP contribution is -2.61. The predicted octanol–water partition coefficient (Wildman–Crippen LogP) is 6.84. The van der Waals surface area contributed by atoms with Gasteiger partial charge in [0.2, 0.25) is 0 Å². The summed E-state index contributed by atoms with van der Waals surface area (Å²) in [5.74, 6) is -4.28. The van der Waals surface area contributed by atoms with Crippen LogP contribution >= 0.6 is 11.8 Å². The molecule has 66 heavy (non-hydrogen) atoms. The first-order valence-electron chi connectivity index (χ1n) is 22.7. The Morgan fingerprint density at radius 3 is 2.12 bits per heavy atom. The third kappa shape index (κ3) is 13.1. The zero-order valence-electron chi connectivity index (χ0n) is 40.6. The van der Waals surface area contributed by atoms with Crippen molar-refractivity contribution in [2.45, 2.75) is 147 Å². The van der Waals surface area contributed by atoms with E-state index in [0.717, 1.165) is 17.3 Å². The third-order valence-electron chi connectivity index (χ3n) is 13.2. The van der Waals surface area contributed by atoms with Crippen LogP contribution in [-0.2, 0) is 54.1 Å². The average Bonchev–Trinajstić information content (AvgIpc) is 3.29. The van der Waals surface area contributed by atoms with Crippen molar-refractivity contribution < 1.29 is 61.9 Å². The first-order chi connectivity index (χ1) is 31.1. The minimum Gasteiger partial charge on any atom is -0.457 e. The number of cyclic esters (lactones) is 1. The number of hydrogen-bond acceptors (Lipinski definition) is 15. The van der Waals surface area contributed by atoms with E-state index in [2.05, 4.69) is 0 Å². The number of Topliss-reactive ketones (excluding diaryl/α,β-unsaturated/α-hetero) is 2. The number of esters is 2. The fourth-order valence-corrected chi connectivity index (χ4v) is 10.1. The summed E-state index contributed by atoms with van der Waals surface area (Å²) < 4.78 is 44.0. The van der Waals surface area contributed by atoms with Crippen LogP contribution in [0.5, 0.6) is 0 Å². The largest absolute Gasteiger partial charge is 0.457 e. The van der Waals surface area contributed by atoms with Gasteiger partial charge >= 0.3 is 24.1 Å². The number of primary amides is 1. The number of hydrogen-bond donors (Lipinski definition) is 1. The van der Waals surface area contributed by atoms with E-state index in [1.165, 1.54) is 14.0 Å². The summed E-state index contributed by atoms with van der Waals surface area (Å²) in [5, 5.41) is -1.39. The molecule has 2 aromatic carbocycles. The van der Waals surface area contributed by atoms with Crippen LogP contribution in [0.4, 0.5) is 9.59 Å². The van der Waals surface area contributed by atoms with E-state index in [1.807, 2.05) is 42.2 Å². The van der Waals surface area contributed by atoms with Gasteiger partial charge in [0.1, 0.15) is 18.8 Å². The first-order valence-corrected chi connectivity index (χ1v) is 23.8. The lowest BCUT2D eigenvalue weighted by atomic mass is 9.78. The van der Waals surface area contributed by atoms with Crippen LogP contribution in [0.3, 0.4) is 0 Å². The van der Waals surface area contributed by atoms with Gasteiger partial charge in [0.15, 0.2) is 34.8 Å². The van der Waals surface area contributed by atoms with Crippen molar-refractivity contribution >= 4 is 47.5 Å². The Morgan fingerprint density at radius 2 is 1.58 bits per heavy atom. The van der Waals surface area contributed by atoms with E-state index in [9.17, 15) is 24.0 Å². The van der Waals surface area contributed by atoms with E-state index in [4.69, 9.17) is 38.9 Å².